The van der Waals surface area contributed by atoms with Crippen LogP contribution >= 0.6 is 11.6 Å². The SMILES string of the molecule is CC(C)CNC(=O)C(C)N(Cc1ccc(Cl)cc1)C(=O)CN(c1ccccc1)S(=O)(=O)N(C)C. The van der Waals surface area contributed by atoms with Gasteiger partial charge in [0.1, 0.15) is 12.6 Å². The number of carbonyl (C=O) groups is 2. The molecular weight excluding hydrogens is 476 g/mol. The fourth-order valence-electron chi connectivity index (χ4n) is 3.13. The van der Waals surface area contributed by atoms with Crippen LogP contribution in [0.15, 0.2) is 54.6 Å². The topological polar surface area (TPSA) is 90.0 Å². The molecule has 10 heteroatoms. The van der Waals surface area contributed by atoms with Crippen LogP contribution in [0.3, 0.4) is 0 Å². The minimum Gasteiger partial charge on any atom is -0.354 e. The molecule has 0 saturated heterocycles. The van der Waals surface area contributed by atoms with Gasteiger partial charge in [0.05, 0.1) is 5.69 Å². The van der Waals surface area contributed by atoms with E-state index in [9.17, 15) is 18.0 Å². The third-order valence-corrected chi connectivity index (χ3v) is 7.25. The van der Waals surface area contributed by atoms with Gasteiger partial charge in [-0.1, -0.05) is 55.8 Å². The lowest BCUT2D eigenvalue weighted by atomic mass is 10.1. The summed E-state index contributed by atoms with van der Waals surface area (Å²) < 4.78 is 28.2. The van der Waals surface area contributed by atoms with Gasteiger partial charge in [0, 0.05) is 32.2 Å². The van der Waals surface area contributed by atoms with Gasteiger partial charge < -0.3 is 10.2 Å². The zero-order chi connectivity index (χ0) is 25.5. The van der Waals surface area contributed by atoms with Crippen molar-refractivity contribution in [2.24, 2.45) is 5.92 Å². The van der Waals surface area contributed by atoms with E-state index in [1.54, 1.807) is 61.5 Å². The van der Waals surface area contributed by atoms with Crippen molar-refractivity contribution in [1.29, 1.82) is 0 Å². The van der Waals surface area contributed by atoms with Crippen molar-refractivity contribution >= 4 is 39.3 Å². The molecule has 186 valence electrons. The Morgan fingerprint density at radius 1 is 0.971 bits per heavy atom. The summed E-state index contributed by atoms with van der Waals surface area (Å²) in [6, 6.07) is 14.5. The van der Waals surface area contributed by atoms with E-state index in [4.69, 9.17) is 11.6 Å². The van der Waals surface area contributed by atoms with E-state index < -0.39 is 28.7 Å². The Kier molecular flexibility index (Phi) is 9.90. The predicted octanol–water partition coefficient (Wildman–Crippen LogP) is 3.14. The number of nitrogens with zero attached hydrogens (tertiary/aromatic N) is 3. The molecule has 0 bridgehead atoms. The van der Waals surface area contributed by atoms with Gasteiger partial charge in [-0.3, -0.25) is 9.59 Å². The Morgan fingerprint density at radius 3 is 2.09 bits per heavy atom. The summed E-state index contributed by atoms with van der Waals surface area (Å²) in [4.78, 5) is 27.8. The Bertz CT molecular complexity index is 1060. The highest BCUT2D eigenvalue weighted by molar-refractivity contribution is 7.90. The molecule has 34 heavy (non-hydrogen) atoms. The van der Waals surface area contributed by atoms with E-state index in [0.29, 0.717) is 17.3 Å². The van der Waals surface area contributed by atoms with Gasteiger partial charge in [-0.2, -0.15) is 12.7 Å². The molecule has 0 heterocycles. The molecular formula is C24H33ClN4O4S. The first-order valence-electron chi connectivity index (χ1n) is 11.0. The van der Waals surface area contributed by atoms with E-state index in [2.05, 4.69) is 5.32 Å². The minimum atomic E-state index is -3.97. The molecule has 0 aliphatic carbocycles. The van der Waals surface area contributed by atoms with Gasteiger partial charge in [-0.15, -0.1) is 0 Å². The average molecular weight is 509 g/mol. The highest BCUT2D eigenvalue weighted by Crippen LogP contribution is 2.21. The third-order valence-electron chi connectivity index (χ3n) is 5.18. The molecule has 1 unspecified atom stereocenters. The van der Waals surface area contributed by atoms with Crippen molar-refractivity contribution in [3.63, 3.8) is 0 Å². The van der Waals surface area contributed by atoms with E-state index in [-0.39, 0.29) is 18.4 Å². The molecule has 2 aromatic carbocycles. The van der Waals surface area contributed by atoms with Crippen LogP contribution in [-0.4, -0.2) is 62.7 Å². The molecule has 0 aliphatic heterocycles. The molecule has 0 fully saturated rings. The summed E-state index contributed by atoms with van der Waals surface area (Å²) in [5, 5.41) is 3.40. The first kappa shape index (κ1) is 27.6. The molecule has 2 rings (SSSR count). The third kappa shape index (κ3) is 7.44. The maximum absolute atomic E-state index is 13.5. The van der Waals surface area contributed by atoms with Gasteiger partial charge in [-0.05, 0) is 42.7 Å². The molecule has 8 nitrogen and oxygen atoms in total. The average Bonchev–Trinajstić information content (AvgIpc) is 2.80. The summed E-state index contributed by atoms with van der Waals surface area (Å²) in [5.74, 6) is -0.565. The lowest BCUT2D eigenvalue weighted by molar-refractivity contribution is -0.139. The Hall–Kier alpha value is -2.62. The van der Waals surface area contributed by atoms with E-state index >= 15 is 0 Å². The van der Waals surface area contributed by atoms with Gasteiger partial charge in [-0.25, -0.2) is 4.31 Å². The fourth-order valence-corrected chi connectivity index (χ4v) is 4.31. The van der Waals surface area contributed by atoms with E-state index in [1.807, 2.05) is 13.8 Å². The highest BCUT2D eigenvalue weighted by atomic mass is 35.5. The summed E-state index contributed by atoms with van der Waals surface area (Å²) in [6.45, 7) is 5.72. The van der Waals surface area contributed by atoms with Crippen LogP contribution in [0, 0.1) is 5.92 Å². The van der Waals surface area contributed by atoms with Crippen LogP contribution in [0.1, 0.15) is 26.3 Å². The summed E-state index contributed by atoms with van der Waals surface area (Å²) in [7, 11) is -1.15. The molecule has 2 aromatic rings. The first-order valence-corrected chi connectivity index (χ1v) is 12.8. The minimum absolute atomic E-state index is 0.122. The first-order chi connectivity index (χ1) is 15.9. The largest absolute Gasteiger partial charge is 0.354 e. The molecule has 1 atom stereocenters. The standard InChI is InChI=1S/C24H33ClN4O4S/c1-18(2)15-26-24(31)19(3)28(16-20-11-13-21(25)14-12-20)23(30)17-29(34(32,33)27(4)5)22-9-7-6-8-10-22/h6-14,18-19H,15-17H2,1-5H3,(H,26,31). The van der Waals surface area contributed by atoms with Gasteiger partial charge in [0.2, 0.25) is 11.8 Å². The summed E-state index contributed by atoms with van der Waals surface area (Å²) in [6.07, 6.45) is 0. The molecule has 0 saturated carbocycles. The molecule has 0 spiro atoms. The number of nitrogens with one attached hydrogen (secondary N) is 1. The van der Waals surface area contributed by atoms with E-state index in [1.165, 1.54) is 19.0 Å². The maximum atomic E-state index is 13.5. The highest BCUT2D eigenvalue weighted by Gasteiger charge is 2.32. The van der Waals surface area contributed by atoms with E-state index in [0.717, 1.165) is 14.2 Å². The Balaban J connectivity index is 2.39. The Morgan fingerprint density at radius 2 is 1.56 bits per heavy atom. The van der Waals surface area contributed by atoms with Crippen molar-refractivity contribution in [3.05, 3.63) is 65.2 Å². The number of hydrogen-bond acceptors (Lipinski definition) is 4. The zero-order valence-electron chi connectivity index (χ0n) is 20.2. The van der Waals surface area contributed by atoms with Crippen LogP contribution in [0.2, 0.25) is 5.02 Å². The lowest BCUT2D eigenvalue weighted by Gasteiger charge is -2.33. The number of halogens is 1. The second kappa shape index (κ2) is 12.2. The normalized spacial score (nSPS) is 12.5. The van der Waals surface area contributed by atoms with Crippen molar-refractivity contribution in [1.82, 2.24) is 14.5 Å². The molecule has 0 radical (unpaired) electrons. The molecule has 2 amide bonds. The number of rotatable bonds is 11. The Labute approximate surface area is 207 Å². The van der Waals surface area contributed by atoms with Crippen LogP contribution in [0.25, 0.3) is 0 Å². The van der Waals surface area contributed by atoms with Crippen molar-refractivity contribution in [3.8, 4) is 0 Å². The number of anilines is 1. The van der Waals surface area contributed by atoms with Gasteiger partial charge in [0.25, 0.3) is 0 Å². The van der Waals surface area contributed by atoms with Crippen molar-refractivity contribution in [2.45, 2.75) is 33.4 Å². The number of amides is 2. The van der Waals surface area contributed by atoms with Gasteiger partial charge >= 0.3 is 10.2 Å². The fraction of sp³-hybridized carbons (Fsp3) is 0.417. The van der Waals surface area contributed by atoms with Crippen LogP contribution in [-0.2, 0) is 26.3 Å². The molecule has 1 N–H and O–H groups in total. The molecule has 0 aromatic heterocycles. The zero-order valence-corrected chi connectivity index (χ0v) is 21.8. The quantitative estimate of drug-likeness (QED) is 0.505. The summed E-state index contributed by atoms with van der Waals surface area (Å²) >= 11 is 5.99. The lowest BCUT2D eigenvalue weighted by Crippen LogP contribution is -2.52. The maximum Gasteiger partial charge on any atom is 0.304 e. The number of benzene rings is 2. The smallest absolute Gasteiger partial charge is 0.304 e. The number of hydrogen-bond donors (Lipinski definition) is 1. The van der Waals surface area contributed by atoms with Crippen LogP contribution in [0.4, 0.5) is 5.69 Å². The number of carbonyl (C=O) groups excluding carboxylic acids is 2. The predicted molar refractivity (Wildman–Crippen MR) is 136 cm³/mol. The molecule has 0 aliphatic rings. The number of para-hydroxylation sites is 1. The second-order valence-corrected chi connectivity index (χ2v) is 11.1. The monoisotopic (exact) mass is 508 g/mol. The summed E-state index contributed by atoms with van der Waals surface area (Å²) in [5.41, 5.74) is 1.12. The van der Waals surface area contributed by atoms with Crippen LogP contribution < -0.4 is 9.62 Å². The van der Waals surface area contributed by atoms with Crippen LogP contribution in [0.5, 0.6) is 0 Å². The second-order valence-electron chi connectivity index (χ2n) is 8.60. The van der Waals surface area contributed by atoms with Gasteiger partial charge in [0.15, 0.2) is 0 Å². The van der Waals surface area contributed by atoms with Crippen molar-refractivity contribution < 1.29 is 18.0 Å². The van der Waals surface area contributed by atoms with Crippen molar-refractivity contribution in [2.75, 3.05) is 31.5 Å².